The second-order valence-electron chi connectivity index (χ2n) is 7.61. The molecule has 3 heteroatoms. The molecule has 0 saturated heterocycles. The van der Waals surface area contributed by atoms with Crippen molar-refractivity contribution >= 4 is 0 Å². The van der Waals surface area contributed by atoms with Crippen LogP contribution in [0.5, 0.6) is 11.5 Å². The molecule has 0 aromatic heterocycles. The van der Waals surface area contributed by atoms with Gasteiger partial charge in [-0.2, -0.15) is 10.5 Å². The number of aryl methyl sites for hydroxylation is 1. The monoisotopic (exact) mass is 388 g/mol. The van der Waals surface area contributed by atoms with Gasteiger partial charge in [-0.05, 0) is 48.7 Å². The molecule has 0 unspecified atom stereocenters. The molecule has 0 N–H and O–H groups in total. The van der Waals surface area contributed by atoms with E-state index in [1.165, 1.54) is 69.8 Å². The molecule has 2 aromatic rings. The van der Waals surface area contributed by atoms with Gasteiger partial charge in [0.1, 0.15) is 23.6 Å². The first-order chi connectivity index (χ1) is 14.3. The van der Waals surface area contributed by atoms with E-state index in [1.54, 1.807) is 18.2 Å². The van der Waals surface area contributed by atoms with Crippen LogP contribution in [0.2, 0.25) is 0 Å². The van der Waals surface area contributed by atoms with Crippen LogP contribution in [0.25, 0.3) is 0 Å². The van der Waals surface area contributed by atoms with Gasteiger partial charge in [0.25, 0.3) is 0 Å². The van der Waals surface area contributed by atoms with Gasteiger partial charge in [0.05, 0.1) is 11.1 Å². The third kappa shape index (κ3) is 8.41. The number of benzene rings is 2. The highest BCUT2D eigenvalue weighted by molar-refractivity contribution is 5.50. The minimum atomic E-state index is 0.336. The van der Waals surface area contributed by atoms with Gasteiger partial charge in [0.2, 0.25) is 0 Å². The Morgan fingerprint density at radius 2 is 1.21 bits per heavy atom. The summed E-state index contributed by atoms with van der Waals surface area (Å²) in [5, 5.41) is 18.1. The number of nitrogens with zero attached hydrogens (tertiary/aromatic N) is 2. The highest BCUT2D eigenvalue weighted by Crippen LogP contribution is 2.24. The van der Waals surface area contributed by atoms with Gasteiger partial charge in [0.15, 0.2) is 0 Å². The molecule has 0 aliphatic heterocycles. The number of ether oxygens (including phenoxy) is 1. The Balaban J connectivity index is 1.66. The number of nitriles is 2. The lowest BCUT2D eigenvalue weighted by Gasteiger charge is -2.08. The topological polar surface area (TPSA) is 56.8 Å². The molecule has 152 valence electrons. The highest BCUT2D eigenvalue weighted by Gasteiger charge is 2.05. The fourth-order valence-electron chi connectivity index (χ4n) is 3.45. The fraction of sp³-hybridized carbons (Fsp3) is 0.462. The van der Waals surface area contributed by atoms with Crippen molar-refractivity contribution in [2.45, 2.75) is 77.6 Å². The molecule has 29 heavy (non-hydrogen) atoms. The summed E-state index contributed by atoms with van der Waals surface area (Å²) >= 11 is 0. The van der Waals surface area contributed by atoms with Gasteiger partial charge in [-0.3, -0.25) is 0 Å². The van der Waals surface area contributed by atoms with E-state index in [9.17, 15) is 0 Å². The quantitative estimate of drug-likeness (QED) is 0.330. The minimum absolute atomic E-state index is 0.336. The molecule has 3 nitrogen and oxygen atoms in total. The van der Waals surface area contributed by atoms with E-state index in [1.807, 2.05) is 24.3 Å². The van der Waals surface area contributed by atoms with Gasteiger partial charge in [0, 0.05) is 0 Å². The standard InChI is InChI=1S/C26H32N2O/c1-2-3-4-5-6-7-8-9-10-11-12-22-13-16-25(17-14-22)29-26-18-15-23(20-27)24(19-26)21-28/h13-19H,2-12H2,1H3. The van der Waals surface area contributed by atoms with Crippen molar-refractivity contribution in [3.63, 3.8) is 0 Å². The first-order valence-electron chi connectivity index (χ1n) is 11.0. The third-order valence-corrected chi connectivity index (χ3v) is 5.21. The maximum absolute atomic E-state index is 9.11. The third-order valence-electron chi connectivity index (χ3n) is 5.21. The van der Waals surface area contributed by atoms with Crippen LogP contribution in [0.1, 0.15) is 87.8 Å². The normalized spacial score (nSPS) is 10.3. The molecule has 0 radical (unpaired) electrons. The van der Waals surface area contributed by atoms with E-state index < -0.39 is 0 Å². The van der Waals surface area contributed by atoms with E-state index in [0.717, 1.165) is 12.2 Å². The van der Waals surface area contributed by atoms with E-state index >= 15 is 0 Å². The summed E-state index contributed by atoms with van der Waals surface area (Å²) in [5.74, 6) is 1.31. The molecule has 2 rings (SSSR count). The van der Waals surface area contributed by atoms with Crippen LogP contribution in [-0.4, -0.2) is 0 Å². The molecule has 0 aliphatic carbocycles. The first kappa shape index (κ1) is 22.5. The SMILES string of the molecule is CCCCCCCCCCCCc1ccc(Oc2ccc(C#N)c(C#N)c2)cc1. The zero-order valence-corrected chi connectivity index (χ0v) is 17.6. The second-order valence-corrected chi connectivity index (χ2v) is 7.61. The molecule has 0 aliphatic rings. The average Bonchev–Trinajstić information content (AvgIpc) is 2.76. The van der Waals surface area contributed by atoms with Gasteiger partial charge in [-0.25, -0.2) is 0 Å². The lowest BCUT2D eigenvalue weighted by molar-refractivity contribution is 0.482. The highest BCUT2D eigenvalue weighted by atomic mass is 16.5. The maximum Gasteiger partial charge on any atom is 0.128 e. The van der Waals surface area contributed by atoms with Crippen molar-refractivity contribution in [2.24, 2.45) is 0 Å². The van der Waals surface area contributed by atoms with Gasteiger partial charge in [-0.1, -0.05) is 76.8 Å². The van der Waals surface area contributed by atoms with Crippen molar-refractivity contribution in [3.8, 4) is 23.6 Å². The van der Waals surface area contributed by atoms with Crippen LogP contribution in [0.4, 0.5) is 0 Å². The molecule has 0 heterocycles. The lowest BCUT2D eigenvalue weighted by atomic mass is 10.0. The van der Waals surface area contributed by atoms with Crippen molar-refractivity contribution in [3.05, 3.63) is 59.2 Å². The average molecular weight is 389 g/mol. The van der Waals surface area contributed by atoms with Crippen molar-refractivity contribution in [2.75, 3.05) is 0 Å². The molecule has 2 aromatic carbocycles. The van der Waals surface area contributed by atoms with Crippen LogP contribution in [0.3, 0.4) is 0 Å². The Labute approximate surface area is 175 Å². The predicted octanol–water partition coefficient (Wildman–Crippen LogP) is 7.69. The maximum atomic E-state index is 9.11. The summed E-state index contributed by atoms with van der Waals surface area (Å²) in [6.07, 6.45) is 14.7. The Bertz CT molecular complexity index is 812. The zero-order chi connectivity index (χ0) is 20.7. The summed E-state index contributed by atoms with van der Waals surface area (Å²) in [6.45, 7) is 2.27. The number of unbranched alkanes of at least 4 members (excludes halogenated alkanes) is 9. The van der Waals surface area contributed by atoms with Crippen LogP contribution >= 0.6 is 0 Å². The Hall–Kier alpha value is -2.78. The smallest absolute Gasteiger partial charge is 0.128 e. The zero-order valence-electron chi connectivity index (χ0n) is 17.6. The van der Waals surface area contributed by atoms with E-state index in [0.29, 0.717) is 16.9 Å². The molecule has 0 amide bonds. The summed E-state index contributed by atoms with van der Waals surface area (Å²) < 4.78 is 5.82. The molecular weight excluding hydrogens is 356 g/mol. The van der Waals surface area contributed by atoms with Crippen LogP contribution in [-0.2, 0) is 6.42 Å². The second kappa shape index (κ2) is 13.4. The van der Waals surface area contributed by atoms with Crippen LogP contribution in [0.15, 0.2) is 42.5 Å². The minimum Gasteiger partial charge on any atom is -0.457 e. The largest absolute Gasteiger partial charge is 0.457 e. The van der Waals surface area contributed by atoms with Gasteiger partial charge in [-0.15, -0.1) is 0 Å². The van der Waals surface area contributed by atoms with Crippen molar-refractivity contribution in [1.29, 1.82) is 10.5 Å². The summed E-state index contributed by atoms with van der Waals surface area (Å²) in [4.78, 5) is 0. The van der Waals surface area contributed by atoms with Crippen LogP contribution < -0.4 is 4.74 Å². The Morgan fingerprint density at radius 3 is 1.79 bits per heavy atom. The number of hydrogen-bond acceptors (Lipinski definition) is 3. The predicted molar refractivity (Wildman–Crippen MR) is 118 cm³/mol. The van der Waals surface area contributed by atoms with Crippen molar-refractivity contribution < 1.29 is 4.74 Å². The van der Waals surface area contributed by atoms with Gasteiger partial charge >= 0.3 is 0 Å². The number of hydrogen-bond donors (Lipinski definition) is 0. The van der Waals surface area contributed by atoms with Crippen LogP contribution in [0, 0.1) is 22.7 Å². The lowest BCUT2D eigenvalue weighted by Crippen LogP contribution is -1.90. The molecular formula is C26H32N2O. The molecule has 0 atom stereocenters. The molecule has 0 fully saturated rings. The van der Waals surface area contributed by atoms with E-state index in [2.05, 4.69) is 19.1 Å². The molecule has 0 bridgehead atoms. The fourth-order valence-corrected chi connectivity index (χ4v) is 3.45. The Morgan fingerprint density at radius 1 is 0.655 bits per heavy atom. The van der Waals surface area contributed by atoms with E-state index in [4.69, 9.17) is 15.3 Å². The summed E-state index contributed by atoms with van der Waals surface area (Å²) in [5.41, 5.74) is 2.03. The summed E-state index contributed by atoms with van der Waals surface area (Å²) in [7, 11) is 0. The first-order valence-corrected chi connectivity index (χ1v) is 11.0. The van der Waals surface area contributed by atoms with E-state index in [-0.39, 0.29) is 0 Å². The number of rotatable bonds is 13. The molecule has 0 saturated carbocycles. The molecule has 0 spiro atoms. The summed E-state index contributed by atoms with van der Waals surface area (Å²) in [6, 6.07) is 17.1. The van der Waals surface area contributed by atoms with Crippen molar-refractivity contribution in [1.82, 2.24) is 0 Å². The van der Waals surface area contributed by atoms with Gasteiger partial charge < -0.3 is 4.74 Å². The Kier molecular flexibility index (Phi) is 10.4.